The van der Waals surface area contributed by atoms with Gasteiger partial charge in [0.1, 0.15) is 40.9 Å². The summed E-state index contributed by atoms with van der Waals surface area (Å²) in [5.41, 5.74) is -0.319. The number of hydrogen-bond acceptors (Lipinski definition) is 12. The first kappa shape index (κ1) is 40.7. The number of thiazole rings is 1. The van der Waals surface area contributed by atoms with Crippen LogP contribution in [0.25, 0.3) is 22.3 Å². The lowest BCUT2D eigenvalue weighted by molar-refractivity contribution is -0.148. The van der Waals surface area contributed by atoms with Crippen molar-refractivity contribution in [2.45, 2.75) is 97.2 Å². The molecule has 1 aliphatic heterocycles. The van der Waals surface area contributed by atoms with Gasteiger partial charge >= 0.3 is 12.1 Å². The van der Waals surface area contributed by atoms with Crippen LogP contribution >= 0.6 is 27.3 Å². The van der Waals surface area contributed by atoms with Gasteiger partial charge in [-0.2, -0.15) is 0 Å². The lowest BCUT2D eigenvalue weighted by atomic mass is 9.85. The van der Waals surface area contributed by atoms with Gasteiger partial charge in [0, 0.05) is 35.2 Å². The molecule has 0 unspecified atom stereocenters. The zero-order valence-corrected chi connectivity index (χ0v) is 34.5. The van der Waals surface area contributed by atoms with Crippen molar-refractivity contribution in [3.8, 4) is 22.9 Å². The summed E-state index contributed by atoms with van der Waals surface area (Å²) < 4.78 is 23.3. The molecule has 1 saturated carbocycles. The highest BCUT2D eigenvalue weighted by Gasteiger charge is 2.62. The van der Waals surface area contributed by atoms with Gasteiger partial charge in [-0.1, -0.05) is 26.8 Å². The lowest BCUT2D eigenvalue weighted by Crippen LogP contribution is -2.59. The van der Waals surface area contributed by atoms with E-state index in [9.17, 15) is 19.2 Å². The van der Waals surface area contributed by atoms with E-state index in [4.69, 9.17) is 28.9 Å². The maximum atomic E-state index is 14.5. The predicted octanol–water partition coefficient (Wildman–Crippen LogP) is 6.08. The van der Waals surface area contributed by atoms with Crippen LogP contribution in [0, 0.1) is 11.3 Å². The maximum absolute atomic E-state index is 14.5. The molecule has 2 fully saturated rings. The molecule has 1 aromatic carbocycles. The third-order valence-electron chi connectivity index (χ3n) is 9.30. The largest absolute Gasteiger partial charge is 0.495 e. The fourth-order valence-corrected chi connectivity index (χ4v) is 7.97. The number of nitrogens with one attached hydrogen (secondary N) is 3. The number of pyridine rings is 1. The van der Waals surface area contributed by atoms with E-state index in [2.05, 4.69) is 38.5 Å². The van der Waals surface area contributed by atoms with E-state index in [0.29, 0.717) is 44.7 Å². The number of amides is 3. The number of aromatic nitrogens is 2. The summed E-state index contributed by atoms with van der Waals surface area (Å²) in [5, 5.41) is 12.2. The highest BCUT2D eigenvalue weighted by Crippen LogP contribution is 2.46. The highest BCUT2D eigenvalue weighted by atomic mass is 79.9. The van der Waals surface area contributed by atoms with Crippen LogP contribution in [-0.2, 0) is 23.9 Å². The van der Waals surface area contributed by atoms with Crippen molar-refractivity contribution < 1.29 is 38.1 Å². The van der Waals surface area contributed by atoms with Gasteiger partial charge in [0.2, 0.25) is 11.8 Å². The van der Waals surface area contributed by atoms with Crippen molar-refractivity contribution in [1.82, 2.24) is 25.5 Å². The van der Waals surface area contributed by atoms with Gasteiger partial charge in [-0.3, -0.25) is 9.59 Å². The van der Waals surface area contributed by atoms with Crippen LogP contribution in [0.4, 0.5) is 9.93 Å². The molecule has 0 spiro atoms. The average Bonchev–Trinajstić information content (AvgIpc) is 3.38. The number of carbonyl (C=O) groups excluding carboxylic acids is 4. The minimum Gasteiger partial charge on any atom is -0.495 e. The Morgan fingerprint density at radius 2 is 1.81 bits per heavy atom. The second-order valence-electron chi connectivity index (χ2n) is 15.2. The standard InChI is InChI=1S/C38H49BrN6O8S/c1-11-21-16-38(21,34(48)51-10)44-32(46)26-14-22(17-45(26)33(47)31(37(6,7)8)43-36(49)52-20(4)5)53-28-15-24(25-18-54-35(42-25)40-19(2)3)41-30-23(28)12-13-27(50-9)29(30)39/h11-13,15,18-22,26,31H,1,14,16-17H2,2-10H3,(H,40,42)(H,43,49)(H,44,46)/t21-,22-,26+,31-,38-/m1/s1. The van der Waals surface area contributed by atoms with Crippen LogP contribution in [-0.4, -0.2) is 95.4 Å². The normalized spacial score (nSPS) is 21.4. The van der Waals surface area contributed by atoms with E-state index in [1.54, 1.807) is 39.2 Å². The number of anilines is 1. The number of nitrogens with zero attached hydrogens (tertiary/aromatic N) is 3. The van der Waals surface area contributed by atoms with Crippen LogP contribution in [0.15, 0.2) is 40.7 Å². The molecule has 5 atom stereocenters. The van der Waals surface area contributed by atoms with Gasteiger partial charge in [0.05, 0.1) is 42.6 Å². The van der Waals surface area contributed by atoms with Crippen molar-refractivity contribution in [2.75, 3.05) is 26.1 Å². The molecule has 3 heterocycles. The molecule has 2 aliphatic rings. The minimum atomic E-state index is -1.29. The Hall–Kier alpha value is -4.44. The number of hydrogen-bond donors (Lipinski definition) is 3. The van der Waals surface area contributed by atoms with Crippen molar-refractivity contribution in [2.24, 2.45) is 11.3 Å². The summed E-state index contributed by atoms with van der Waals surface area (Å²) in [5.74, 6) is -0.961. The summed E-state index contributed by atoms with van der Waals surface area (Å²) in [4.78, 5) is 65.6. The van der Waals surface area contributed by atoms with Crippen LogP contribution in [0.2, 0.25) is 0 Å². The molecule has 292 valence electrons. The number of likely N-dealkylation sites (tertiary alicyclic amines) is 1. The molecular formula is C38H49BrN6O8S. The summed E-state index contributed by atoms with van der Waals surface area (Å²) in [7, 11) is 2.83. The van der Waals surface area contributed by atoms with Crippen molar-refractivity contribution >= 4 is 67.2 Å². The van der Waals surface area contributed by atoms with E-state index in [-0.39, 0.29) is 24.9 Å². The number of halogens is 1. The molecule has 0 radical (unpaired) electrons. The molecule has 16 heteroatoms. The Morgan fingerprint density at radius 3 is 2.41 bits per heavy atom. The highest BCUT2D eigenvalue weighted by molar-refractivity contribution is 9.10. The Morgan fingerprint density at radius 1 is 1.09 bits per heavy atom. The Kier molecular flexibility index (Phi) is 12.2. The maximum Gasteiger partial charge on any atom is 0.408 e. The Labute approximate surface area is 327 Å². The number of alkyl carbamates (subject to hydrolysis) is 1. The molecule has 3 N–H and O–H groups in total. The van der Waals surface area contributed by atoms with Crippen molar-refractivity contribution in [1.29, 1.82) is 0 Å². The molecule has 2 aromatic heterocycles. The second-order valence-corrected chi connectivity index (χ2v) is 16.8. The summed E-state index contributed by atoms with van der Waals surface area (Å²) >= 11 is 5.11. The molecule has 1 aliphatic carbocycles. The molecular weight excluding hydrogens is 780 g/mol. The average molecular weight is 830 g/mol. The summed E-state index contributed by atoms with van der Waals surface area (Å²) in [6.07, 6.45) is 0.132. The van der Waals surface area contributed by atoms with Crippen LogP contribution in [0.3, 0.4) is 0 Å². The Bertz CT molecular complexity index is 1930. The van der Waals surface area contributed by atoms with E-state index in [0.717, 1.165) is 5.13 Å². The van der Waals surface area contributed by atoms with E-state index in [1.807, 2.05) is 46.1 Å². The quantitative estimate of drug-likeness (QED) is 0.135. The first-order valence-corrected chi connectivity index (χ1v) is 19.5. The van der Waals surface area contributed by atoms with Gasteiger partial charge < -0.3 is 39.8 Å². The van der Waals surface area contributed by atoms with Crippen LogP contribution in [0.5, 0.6) is 11.5 Å². The number of benzene rings is 1. The Balaban J connectivity index is 1.54. The number of methoxy groups -OCH3 is 2. The zero-order valence-electron chi connectivity index (χ0n) is 32.1. The topological polar surface area (TPSA) is 170 Å². The van der Waals surface area contributed by atoms with Gasteiger partial charge in [0.15, 0.2) is 5.13 Å². The van der Waals surface area contributed by atoms with Gasteiger partial charge in [-0.25, -0.2) is 19.6 Å². The summed E-state index contributed by atoms with van der Waals surface area (Å²) in [6, 6.07) is 3.48. The number of rotatable bonds is 13. The van der Waals surface area contributed by atoms with Crippen LogP contribution < -0.4 is 25.4 Å². The van der Waals surface area contributed by atoms with E-state index < -0.39 is 59.1 Å². The smallest absolute Gasteiger partial charge is 0.408 e. The zero-order chi connectivity index (χ0) is 39.7. The molecule has 5 rings (SSSR count). The molecule has 1 saturated heterocycles. The number of fused-ring (bicyclic) bond motifs is 1. The second kappa shape index (κ2) is 16.1. The predicted molar refractivity (Wildman–Crippen MR) is 210 cm³/mol. The van der Waals surface area contributed by atoms with E-state index in [1.165, 1.54) is 23.3 Å². The van der Waals surface area contributed by atoms with Gasteiger partial charge in [0.25, 0.3) is 0 Å². The first-order valence-electron chi connectivity index (χ1n) is 17.8. The van der Waals surface area contributed by atoms with Gasteiger partial charge in [-0.15, -0.1) is 17.9 Å². The fraction of sp³-hybridized carbons (Fsp3) is 0.526. The molecule has 14 nitrogen and oxygen atoms in total. The first-order chi connectivity index (χ1) is 25.4. The number of carbonyl (C=O) groups is 4. The van der Waals surface area contributed by atoms with E-state index >= 15 is 0 Å². The minimum absolute atomic E-state index is 0.00382. The third-order valence-corrected chi connectivity index (χ3v) is 10.8. The third kappa shape index (κ3) is 8.59. The monoisotopic (exact) mass is 828 g/mol. The number of esters is 1. The van der Waals surface area contributed by atoms with Crippen molar-refractivity contribution in [3.05, 3.63) is 40.7 Å². The summed E-state index contributed by atoms with van der Waals surface area (Å²) in [6.45, 7) is 16.7. The number of ether oxygens (including phenoxy) is 4. The van der Waals surface area contributed by atoms with Crippen molar-refractivity contribution in [3.63, 3.8) is 0 Å². The molecule has 0 bridgehead atoms. The molecule has 54 heavy (non-hydrogen) atoms. The molecule has 3 amide bonds. The fourth-order valence-electron chi connectivity index (χ4n) is 6.52. The molecule has 3 aromatic rings. The van der Waals surface area contributed by atoms with Gasteiger partial charge in [-0.05, 0) is 67.6 Å². The SMILES string of the molecule is C=C[C@@H]1C[C@]1(NC(=O)[C@@H]1C[C@@H](Oc2cc(-c3csc(NC(C)C)n3)nc3c(Br)c(OC)ccc23)CN1C(=O)[C@@H](NC(=O)OC(C)C)C(C)(C)C)C(=O)OC. The van der Waals surface area contributed by atoms with Crippen LogP contribution in [0.1, 0.15) is 61.3 Å². The lowest BCUT2D eigenvalue weighted by Gasteiger charge is -2.35.